The van der Waals surface area contributed by atoms with E-state index in [0.29, 0.717) is 10.5 Å². The van der Waals surface area contributed by atoms with Crippen molar-refractivity contribution in [3.8, 4) is 0 Å². The Morgan fingerprint density at radius 2 is 1.59 bits per heavy atom. The number of imide groups is 2. The van der Waals surface area contributed by atoms with Crippen LogP contribution in [0.1, 0.15) is 17.5 Å². The Morgan fingerprint density at radius 3 is 2.22 bits per heavy atom. The number of aliphatic hydroxyl groups is 1. The van der Waals surface area contributed by atoms with Gasteiger partial charge in [-0.1, -0.05) is 60.7 Å². The maximum absolute atomic E-state index is 13.3. The van der Waals surface area contributed by atoms with Gasteiger partial charge in [0.15, 0.2) is 5.78 Å². The van der Waals surface area contributed by atoms with Gasteiger partial charge in [0.25, 0.3) is 17.4 Å². The fraction of sp³-hybridized carbons (Fsp3) is 0.304. The summed E-state index contributed by atoms with van der Waals surface area (Å²) in [6, 6.07) is 16.9. The van der Waals surface area contributed by atoms with E-state index in [0.717, 1.165) is 5.56 Å². The molecule has 2 aromatic carbocycles. The number of rotatable bonds is 11. The predicted molar refractivity (Wildman–Crippen MR) is 112 cm³/mol. The summed E-state index contributed by atoms with van der Waals surface area (Å²) in [5.74, 6) is -3.00. The number of ether oxygens (including phenoxy) is 2. The molecule has 1 atom stereocenters. The SMILES string of the molecule is O=C1NC(=O)C(OCc2ccccc2)(C(=O)CCc2ccccc2)C(=O)N1COCCO. The van der Waals surface area contributed by atoms with Gasteiger partial charge in [-0.3, -0.25) is 19.7 Å². The Balaban J connectivity index is 1.88. The zero-order chi connectivity index (χ0) is 23.0. The third-order valence-electron chi connectivity index (χ3n) is 4.96. The lowest BCUT2D eigenvalue weighted by Crippen LogP contribution is -2.72. The number of benzene rings is 2. The molecule has 0 bridgehead atoms. The minimum absolute atomic E-state index is 0.134. The molecule has 1 unspecified atom stereocenters. The molecule has 4 amide bonds. The first-order valence-electron chi connectivity index (χ1n) is 10.1. The average Bonchev–Trinajstić information content (AvgIpc) is 2.81. The molecule has 1 heterocycles. The standard InChI is InChI=1S/C23H24N2O7/c26-13-14-31-16-25-21(29)23(20(28)24-22(25)30,32-15-18-9-5-2-6-10-18)19(27)12-11-17-7-3-1-4-8-17/h1-10,26H,11-16H2,(H,24,28,30). The van der Waals surface area contributed by atoms with E-state index >= 15 is 0 Å². The molecule has 0 aromatic heterocycles. The highest BCUT2D eigenvalue weighted by Crippen LogP contribution is 2.26. The van der Waals surface area contributed by atoms with E-state index in [4.69, 9.17) is 14.6 Å². The molecule has 0 spiro atoms. The van der Waals surface area contributed by atoms with Gasteiger partial charge < -0.3 is 14.6 Å². The predicted octanol–water partition coefficient (Wildman–Crippen LogP) is 1.19. The minimum atomic E-state index is -2.53. The molecule has 3 rings (SSSR count). The number of carbonyl (C=O) groups is 4. The van der Waals surface area contributed by atoms with Gasteiger partial charge >= 0.3 is 6.03 Å². The minimum Gasteiger partial charge on any atom is -0.394 e. The van der Waals surface area contributed by atoms with Gasteiger partial charge in [-0.25, -0.2) is 9.69 Å². The molecular formula is C23H24N2O7. The summed E-state index contributed by atoms with van der Waals surface area (Å²) in [5, 5.41) is 10.9. The van der Waals surface area contributed by atoms with Crippen molar-refractivity contribution in [3.63, 3.8) is 0 Å². The van der Waals surface area contributed by atoms with Gasteiger partial charge in [-0.2, -0.15) is 0 Å². The highest BCUT2D eigenvalue weighted by atomic mass is 16.5. The Morgan fingerprint density at radius 1 is 0.969 bits per heavy atom. The number of ketones is 1. The van der Waals surface area contributed by atoms with Crippen LogP contribution in [0.2, 0.25) is 0 Å². The molecule has 168 valence electrons. The second-order valence-electron chi connectivity index (χ2n) is 7.12. The summed E-state index contributed by atoms with van der Waals surface area (Å²) >= 11 is 0. The summed E-state index contributed by atoms with van der Waals surface area (Å²) in [4.78, 5) is 52.3. The third-order valence-corrected chi connectivity index (χ3v) is 4.96. The monoisotopic (exact) mass is 440 g/mol. The molecule has 2 aromatic rings. The highest BCUT2D eigenvalue weighted by Gasteiger charge is 2.60. The van der Waals surface area contributed by atoms with Crippen LogP contribution in [-0.4, -0.2) is 59.2 Å². The average molecular weight is 440 g/mol. The van der Waals surface area contributed by atoms with Crippen molar-refractivity contribution in [2.45, 2.75) is 25.0 Å². The van der Waals surface area contributed by atoms with Crippen molar-refractivity contribution >= 4 is 23.6 Å². The molecule has 32 heavy (non-hydrogen) atoms. The molecule has 0 aliphatic carbocycles. The van der Waals surface area contributed by atoms with E-state index < -0.39 is 36.0 Å². The summed E-state index contributed by atoms with van der Waals surface area (Å²) in [5.41, 5.74) is -1.04. The highest BCUT2D eigenvalue weighted by molar-refractivity contribution is 6.33. The molecule has 1 saturated heterocycles. The molecule has 0 saturated carbocycles. The number of amides is 4. The van der Waals surface area contributed by atoms with E-state index in [1.807, 2.05) is 35.6 Å². The molecule has 1 aliphatic rings. The zero-order valence-electron chi connectivity index (χ0n) is 17.4. The van der Waals surface area contributed by atoms with Crippen LogP contribution in [-0.2, 0) is 36.9 Å². The number of hydrogen-bond acceptors (Lipinski definition) is 7. The Bertz CT molecular complexity index is 965. The number of carbonyl (C=O) groups excluding carboxylic acids is 4. The van der Waals surface area contributed by atoms with Gasteiger partial charge in [0, 0.05) is 6.42 Å². The van der Waals surface area contributed by atoms with Gasteiger partial charge in [0.2, 0.25) is 0 Å². The molecule has 0 radical (unpaired) electrons. The van der Waals surface area contributed by atoms with Crippen molar-refractivity contribution in [1.29, 1.82) is 0 Å². The second-order valence-corrected chi connectivity index (χ2v) is 7.12. The summed E-state index contributed by atoms with van der Waals surface area (Å²) < 4.78 is 10.8. The first-order chi connectivity index (χ1) is 15.5. The van der Waals surface area contributed by atoms with Crippen LogP contribution in [0.4, 0.5) is 4.79 Å². The van der Waals surface area contributed by atoms with Gasteiger partial charge in [-0.15, -0.1) is 0 Å². The summed E-state index contributed by atoms with van der Waals surface area (Å²) in [6.45, 7) is -1.20. The normalized spacial score (nSPS) is 18.5. The number of hydrogen-bond donors (Lipinski definition) is 2. The molecule has 9 nitrogen and oxygen atoms in total. The molecule has 1 fully saturated rings. The first-order valence-corrected chi connectivity index (χ1v) is 10.1. The maximum atomic E-state index is 13.3. The van der Waals surface area contributed by atoms with Crippen molar-refractivity contribution < 1.29 is 33.8 Å². The van der Waals surface area contributed by atoms with E-state index in [1.165, 1.54) is 0 Å². The number of nitrogens with one attached hydrogen (secondary N) is 1. The van der Waals surface area contributed by atoms with Crippen molar-refractivity contribution in [3.05, 3.63) is 71.8 Å². The third kappa shape index (κ3) is 5.08. The fourth-order valence-corrected chi connectivity index (χ4v) is 3.27. The molecule has 2 N–H and O–H groups in total. The van der Waals surface area contributed by atoms with Crippen LogP contribution >= 0.6 is 0 Å². The lowest BCUT2D eigenvalue weighted by Gasteiger charge is -2.37. The fourth-order valence-electron chi connectivity index (χ4n) is 3.27. The topological polar surface area (TPSA) is 122 Å². The Kier molecular flexibility index (Phi) is 7.82. The van der Waals surface area contributed by atoms with E-state index in [9.17, 15) is 19.2 Å². The molecule has 1 aliphatic heterocycles. The first kappa shape index (κ1) is 23.3. The number of aliphatic hydroxyl groups excluding tert-OH is 1. The number of aryl methyl sites for hydroxylation is 1. The number of Topliss-reactive ketones (excluding diaryl/α,β-unsaturated/α-hetero) is 1. The lowest BCUT2D eigenvalue weighted by atomic mass is 9.89. The van der Waals surface area contributed by atoms with E-state index in [-0.39, 0.29) is 32.7 Å². The largest absolute Gasteiger partial charge is 0.394 e. The van der Waals surface area contributed by atoms with Crippen LogP contribution in [0.25, 0.3) is 0 Å². The van der Waals surface area contributed by atoms with Crippen LogP contribution in [0.5, 0.6) is 0 Å². The quantitative estimate of drug-likeness (QED) is 0.397. The van der Waals surface area contributed by atoms with Gasteiger partial charge in [0.1, 0.15) is 6.73 Å². The van der Waals surface area contributed by atoms with Crippen molar-refractivity contribution in [2.75, 3.05) is 19.9 Å². The van der Waals surface area contributed by atoms with Crippen LogP contribution in [0.3, 0.4) is 0 Å². The Hall–Kier alpha value is -3.40. The van der Waals surface area contributed by atoms with Crippen molar-refractivity contribution in [2.24, 2.45) is 0 Å². The van der Waals surface area contributed by atoms with Gasteiger partial charge in [0.05, 0.1) is 19.8 Å². The number of nitrogens with zero attached hydrogens (tertiary/aromatic N) is 1. The zero-order valence-corrected chi connectivity index (χ0v) is 17.4. The van der Waals surface area contributed by atoms with Gasteiger partial charge in [-0.05, 0) is 17.5 Å². The smallest absolute Gasteiger partial charge is 0.332 e. The van der Waals surface area contributed by atoms with Crippen LogP contribution in [0, 0.1) is 0 Å². The molecule has 9 heteroatoms. The van der Waals surface area contributed by atoms with Crippen LogP contribution in [0.15, 0.2) is 60.7 Å². The lowest BCUT2D eigenvalue weighted by molar-refractivity contribution is -0.178. The molecular weight excluding hydrogens is 416 g/mol. The van der Waals surface area contributed by atoms with E-state index in [2.05, 4.69) is 0 Å². The second kappa shape index (κ2) is 10.8. The number of urea groups is 1. The van der Waals surface area contributed by atoms with E-state index in [1.54, 1.807) is 30.3 Å². The summed E-state index contributed by atoms with van der Waals surface area (Å²) in [6.07, 6.45) is 0.128. The number of barbiturate groups is 1. The maximum Gasteiger partial charge on any atom is 0.332 e. The van der Waals surface area contributed by atoms with Crippen molar-refractivity contribution in [1.82, 2.24) is 10.2 Å². The van der Waals surface area contributed by atoms with Crippen LogP contribution < -0.4 is 5.32 Å². The summed E-state index contributed by atoms with van der Waals surface area (Å²) in [7, 11) is 0. The Labute approximate surface area is 184 Å².